The Morgan fingerprint density at radius 3 is 2.39 bits per heavy atom. The lowest BCUT2D eigenvalue weighted by atomic mass is 10.1. The lowest BCUT2D eigenvalue weighted by molar-refractivity contribution is -0.123. The number of ether oxygens (including phenoxy) is 3. The van der Waals surface area contributed by atoms with Gasteiger partial charge < -0.3 is 18.6 Å². The fourth-order valence-corrected chi connectivity index (χ4v) is 2.58. The molecule has 0 aliphatic rings. The summed E-state index contributed by atoms with van der Waals surface area (Å²) in [6, 6.07) is 17.3. The molecule has 0 atom stereocenters. The first-order valence-electron chi connectivity index (χ1n) is 9.55. The van der Waals surface area contributed by atoms with Gasteiger partial charge in [-0.15, -0.1) is 0 Å². The van der Waals surface area contributed by atoms with Gasteiger partial charge in [-0.05, 0) is 55.5 Å². The van der Waals surface area contributed by atoms with E-state index in [0.717, 1.165) is 5.56 Å². The molecule has 0 saturated heterocycles. The number of hydrazone groups is 1. The summed E-state index contributed by atoms with van der Waals surface area (Å²) in [7, 11) is 1.57. The standard InChI is InChI=1S/C23H22N2O6/c1-3-29-23(27)17-6-4-16(5-7-17)21-13-12-20(31-21)14-24-25-22(26)15-30-19-10-8-18(28-2)9-11-19/h4-14H,3,15H2,1-2H3,(H,25,26)/b24-14-. The number of rotatable bonds is 9. The molecule has 2 aromatic carbocycles. The molecule has 0 aliphatic heterocycles. The smallest absolute Gasteiger partial charge is 0.338 e. The van der Waals surface area contributed by atoms with Crippen LogP contribution in [0.1, 0.15) is 23.0 Å². The highest BCUT2D eigenvalue weighted by Gasteiger charge is 2.08. The Bertz CT molecular complexity index is 1040. The zero-order valence-electron chi connectivity index (χ0n) is 17.2. The van der Waals surface area contributed by atoms with E-state index < -0.39 is 5.91 Å². The minimum absolute atomic E-state index is 0.181. The van der Waals surface area contributed by atoms with Crippen LogP contribution in [-0.4, -0.2) is 38.4 Å². The Morgan fingerprint density at radius 2 is 1.71 bits per heavy atom. The number of esters is 1. The van der Waals surface area contributed by atoms with Gasteiger partial charge in [-0.3, -0.25) is 4.79 Å². The van der Waals surface area contributed by atoms with Gasteiger partial charge in [0.15, 0.2) is 6.61 Å². The summed E-state index contributed by atoms with van der Waals surface area (Å²) < 4.78 is 21.1. The van der Waals surface area contributed by atoms with Crippen molar-refractivity contribution in [1.82, 2.24) is 5.43 Å². The third kappa shape index (κ3) is 6.20. The molecule has 0 radical (unpaired) electrons. The first kappa shape index (κ1) is 21.6. The van der Waals surface area contributed by atoms with Crippen molar-refractivity contribution < 1.29 is 28.2 Å². The molecule has 3 rings (SSSR count). The van der Waals surface area contributed by atoms with Gasteiger partial charge in [0.1, 0.15) is 23.0 Å². The molecule has 0 spiro atoms. The number of methoxy groups -OCH3 is 1. The van der Waals surface area contributed by atoms with Gasteiger partial charge in [0.05, 0.1) is 25.5 Å². The van der Waals surface area contributed by atoms with E-state index in [0.29, 0.717) is 35.2 Å². The molecule has 0 fully saturated rings. The SMILES string of the molecule is CCOC(=O)c1ccc(-c2ccc(/C=N\NC(=O)COc3ccc(OC)cc3)o2)cc1. The summed E-state index contributed by atoms with van der Waals surface area (Å²) in [6.07, 6.45) is 1.39. The second kappa shape index (κ2) is 10.6. The maximum Gasteiger partial charge on any atom is 0.338 e. The Kier molecular flexibility index (Phi) is 7.42. The summed E-state index contributed by atoms with van der Waals surface area (Å²) in [5.41, 5.74) is 3.64. The molecule has 160 valence electrons. The predicted octanol–water partition coefficient (Wildman–Crippen LogP) is 3.66. The van der Waals surface area contributed by atoms with Crippen LogP contribution in [0.3, 0.4) is 0 Å². The van der Waals surface area contributed by atoms with E-state index >= 15 is 0 Å². The van der Waals surface area contributed by atoms with Crippen LogP contribution in [0.25, 0.3) is 11.3 Å². The van der Waals surface area contributed by atoms with E-state index in [1.165, 1.54) is 6.21 Å². The fraction of sp³-hybridized carbons (Fsp3) is 0.174. The van der Waals surface area contributed by atoms with Crippen LogP contribution in [0.4, 0.5) is 0 Å². The van der Waals surface area contributed by atoms with Crippen molar-refractivity contribution in [2.24, 2.45) is 5.10 Å². The molecule has 1 amide bonds. The Morgan fingerprint density at radius 1 is 1.00 bits per heavy atom. The van der Waals surface area contributed by atoms with Crippen molar-refractivity contribution in [3.63, 3.8) is 0 Å². The lowest BCUT2D eigenvalue weighted by Gasteiger charge is -2.05. The summed E-state index contributed by atoms with van der Waals surface area (Å²) >= 11 is 0. The van der Waals surface area contributed by atoms with Gasteiger partial charge >= 0.3 is 5.97 Å². The highest BCUT2D eigenvalue weighted by Crippen LogP contribution is 2.22. The first-order valence-corrected chi connectivity index (χ1v) is 9.55. The monoisotopic (exact) mass is 422 g/mol. The number of benzene rings is 2. The zero-order valence-corrected chi connectivity index (χ0v) is 17.2. The third-order valence-corrected chi connectivity index (χ3v) is 4.12. The number of hydrogen-bond donors (Lipinski definition) is 1. The van der Waals surface area contributed by atoms with Crippen LogP contribution < -0.4 is 14.9 Å². The highest BCUT2D eigenvalue weighted by atomic mass is 16.5. The van der Waals surface area contributed by atoms with Crippen molar-refractivity contribution in [3.05, 3.63) is 72.0 Å². The maximum absolute atomic E-state index is 11.8. The van der Waals surface area contributed by atoms with Crippen LogP contribution in [0.15, 0.2) is 70.2 Å². The molecule has 0 unspecified atom stereocenters. The predicted molar refractivity (Wildman–Crippen MR) is 114 cm³/mol. The number of carbonyl (C=O) groups is 2. The van der Waals surface area contributed by atoms with E-state index in [9.17, 15) is 9.59 Å². The number of carbonyl (C=O) groups excluding carboxylic acids is 2. The van der Waals surface area contributed by atoms with E-state index in [4.69, 9.17) is 18.6 Å². The second-order valence-electron chi connectivity index (χ2n) is 6.26. The summed E-state index contributed by atoms with van der Waals surface area (Å²) in [5.74, 6) is 1.53. The molecule has 3 aromatic rings. The molecule has 1 N–H and O–H groups in total. The van der Waals surface area contributed by atoms with E-state index in [1.807, 2.05) is 0 Å². The lowest BCUT2D eigenvalue weighted by Crippen LogP contribution is -2.24. The molecule has 0 aliphatic carbocycles. The normalized spacial score (nSPS) is 10.6. The first-order chi connectivity index (χ1) is 15.1. The van der Waals surface area contributed by atoms with Gasteiger partial charge in [-0.2, -0.15) is 5.10 Å². The Balaban J connectivity index is 1.49. The molecular formula is C23H22N2O6. The molecule has 31 heavy (non-hydrogen) atoms. The minimum Gasteiger partial charge on any atom is -0.497 e. The molecular weight excluding hydrogens is 400 g/mol. The third-order valence-electron chi connectivity index (χ3n) is 4.12. The second-order valence-corrected chi connectivity index (χ2v) is 6.26. The maximum atomic E-state index is 11.8. The minimum atomic E-state index is -0.409. The topological polar surface area (TPSA) is 99.4 Å². The molecule has 8 nitrogen and oxygen atoms in total. The number of furan rings is 1. The average Bonchev–Trinajstić information content (AvgIpc) is 3.27. The van der Waals surface area contributed by atoms with Crippen LogP contribution >= 0.6 is 0 Å². The van der Waals surface area contributed by atoms with Crippen LogP contribution in [0.5, 0.6) is 11.5 Å². The Hall–Kier alpha value is -4.07. The van der Waals surface area contributed by atoms with Crippen molar-refractivity contribution in [2.45, 2.75) is 6.92 Å². The van der Waals surface area contributed by atoms with Crippen molar-refractivity contribution in [1.29, 1.82) is 0 Å². The largest absolute Gasteiger partial charge is 0.497 e. The number of nitrogens with zero attached hydrogens (tertiary/aromatic N) is 1. The van der Waals surface area contributed by atoms with Gasteiger partial charge in [-0.1, -0.05) is 12.1 Å². The van der Waals surface area contributed by atoms with E-state index in [-0.39, 0.29) is 12.6 Å². The Labute approximate surface area is 179 Å². The van der Waals surface area contributed by atoms with E-state index in [1.54, 1.807) is 74.7 Å². The zero-order chi connectivity index (χ0) is 22.1. The van der Waals surface area contributed by atoms with Crippen LogP contribution in [-0.2, 0) is 9.53 Å². The number of hydrogen-bond acceptors (Lipinski definition) is 7. The quantitative estimate of drug-likeness (QED) is 0.321. The van der Waals surface area contributed by atoms with Crippen LogP contribution in [0, 0.1) is 0 Å². The van der Waals surface area contributed by atoms with Crippen LogP contribution in [0.2, 0.25) is 0 Å². The number of nitrogens with one attached hydrogen (secondary N) is 1. The van der Waals surface area contributed by atoms with Crippen molar-refractivity contribution >= 4 is 18.1 Å². The molecule has 1 aromatic heterocycles. The van der Waals surface area contributed by atoms with Gasteiger partial charge in [0, 0.05) is 5.56 Å². The van der Waals surface area contributed by atoms with Crippen molar-refractivity contribution in [3.8, 4) is 22.8 Å². The molecule has 0 bridgehead atoms. The fourth-order valence-electron chi connectivity index (χ4n) is 2.58. The number of amides is 1. The highest BCUT2D eigenvalue weighted by molar-refractivity contribution is 5.90. The van der Waals surface area contributed by atoms with Gasteiger partial charge in [-0.25, -0.2) is 10.2 Å². The summed E-state index contributed by atoms with van der Waals surface area (Å²) in [6.45, 7) is 1.90. The average molecular weight is 422 g/mol. The van der Waals surface area contributed by atoms with Crippen molar-refractivity contribution in [2.75, 3.05) is 20.3 Å². The van der Waals surface area contributed by atoms with Gasteiger partial charge in [0.2, 0.25) is 0 Å². The van der Waals surface area contributed by atoms with E-state index in [2.05, 4.69) is 10.5 Å². The molecule has 0 saturated carbocycles. The molecule has 1 heterocycles. The summed E-state index contributed by atoms with van der Waals surface area (Å²) in [4.78, 5) is 23.6. The summed E-state index contributed by atoms with van der Waals surface area (Å²) in [5, 5.41) is 3.87. The van der Waals surface area contributed by atoms with Gasteiger partial charge in [0.25, 0.3) is 5.91 Å². The molecule has 8 heteroatoms.